The molecule has 3 rings (SSSR count). The summed E-state index contributed by atoms with van der Waals surface area (Å²) in [6.07, 6.45) is -0.561. The van der Waals surface area contributed by atoms with Crippen LogP contribution in [0.2, 0.25) is 0 Å². The van der Waals surface area contributed by atoms with E-state index in [-0.39, 0.29) is 24.2 Å². The van der Waals surface area contributed by atoms with Gasteiger partial charge in [0, 0.05) is 34.1 Å². The molecule has 0 radical (unpaired) electrons. The van der Waals surface area contributed by atoms with E-state index in [1.165, 1.54) is 24.5 Å². The van der Waals surface area contributed by atoms with Gasteiger partial charge in [-0.2, -0.15) is 0 Å². The molecule has 0 spiro atoms. The number of halogens is 1. The van der Waals surface area contributed by atoms with Crippen molar-refractivity contribution in [3.05, 3.63) is 58.7 Å². The fraction of sp³-hybridized carbons (Fsp3) is 0.273. The van der Waals surface area contributed by atoms with E-state index >= 15 is 0 Å². The average Bonchev–Trinajstić information content (AvgIpc) is 3.07. The van der Waals surface area contributed by atoms with Crippen LogP contribution in [-0.2, 0) is 16.1 Å². The second-order valence-electron chi connectivity index (χ2n) is 7.11. The van der Waals surface area contributed by atoms with E-state index in [1.807, 2.05) is 13.8 Å². The number of thiophene rings is 1. The number of hydrogen-bond donors (Lipinski definition) is 2. The van der Waals surface area contributed by atoms with Crippen molar-refractivity contribution >= 4 is 44.8 Å². The normalized spacial score (nSPS) is 11.0. The van der Waals surface area contributed by atoms with Crippen molar-refractivity contribution in [2.75, 3.05) is 24.4 Å². The molecule has 0 saturated carbocycles. The number of amides is 2. The number of carbonyl (C=O) groups is 2. The first-order valence-electron chi connectivity index (χ1n) is 9.43. The number of fused-ring (bicyclic) bond motifs is 1. The lowest BCUT2D eigenvalue weighted by molar-refractivity contribution is 0.102. The molecule has 1 aromatic heterocycles. The van der Waals surface area contributed by atoms with Crippen molar-refractivity contribution in [1.29, 1.82) is 0 Å². The molecule has 3 aromatic rings. The first-order chi connectivity index (χ1) is 14.4. The van der Waals surface area contributed by atoms with Crippen molar-refractivity contribution in [3.8, 4) is 0 Å². The van der Waals surface area contributed by atoms with Gasteiger partial charge in [-0.05, 0) is 36.2 Å². The Balaban J connectivity index is 1.79. The molecule has 0 fully saturated rings. The van der Waals surface area contributed by atoms with Crippen molar-refractivity contribution in [3.63, 3.8) is 0 Å². The van der Waals surface area contributed by atoms with Crippen LogP contribution in [0.25, 0.3) is 10.1 Å². The molecular weight excluding hydrogens is 407 g/mol. The van der Waals surface area contributed by atoms with Gasteiger partial charge in [0.2, 0.25) is 0 Å². The molecule has 158 valence electrons. The average molecular weight is 431 g/mol. The molecule has 30 heavy (non-hydrogen) atoms. The van der Waals surface area contributed by atoms with Crippen molar-refractivity contribution in [2.24, 2.45) is 5.92 Å². The highest BCUT2D eigenvalue weighted by molar-refractivity contribution is 7.21. The fourth-order valence-corrected chi connectivity index (χ4v) is 4.01. The lowest BCUT2D eigenvalue weighted by atomic mass is 10.1. The second-order valence-corrected chi connectivity index (χ2v) is 8.16. The van der Waals surface area contributed by atoms with Gasteiger partial charge in [0.15, 0.2) is 0 Å². The minimum atomic E-state index is -0.561. The van der Waals surface area contributed by atoms with Gasteiger partial charge in [0.1, 0.15) is 5.82 Å². The highest BCUT2D eigenvalue weighted by Gasteiger charge is 2.21. The van der Waals surface area contributed by atoms with Gasteiger partial charge in [-0.3, -0.25) is 10.1 Å². The minimum Gasteiger partial charge on any atom is -0.449 e. The quantitative estimate of drug-likeness (QED) is 0.508. The predicted molar refractivity (Wildman–Crippen MR) is 117 cm³/mol. The third-order valence-corrected chi connectivity index (χ3v) is 5.37. The number of ether oxygens (including phenoxy) is 2. The molecule has 0 saturated heterocycles. The third kappa shape index (κ3) is 5.14. The van der Waals surface area contributed by atoms with Gasteiger partial charge in [0.25, 0.3) is 5.91 Å². The van der Waals surface area contributed by atoms with Gasteiger partial charge in [0.05, 0.1) is 18.1 Å². The van der Waals surface area contributed by atoms with E-state index in [0.717, 1.165) is 0 Å². The number of hydrogen-bond acceptors (Lipinski definition) is 5. The number of benzene rings is 2. The predicted octanol–water partition coefficient (Wildman–Crippen LogP) is 5.64. The lowest BCUT2D eigenvalue weighted by Crippen LogP contribution is -2.17. The number of nitrogens with one attached hydrogen (secondary N) is 2. The van der Waals surface area contributed by atoms with Crippen LogP contribution in [0.3, 0.4) is 0 Å². The van der Waals surface area contributed by atoms with E-state index in [9.17, 15) is 14.0 Å². The third-order valence-electron chi connectivity index (χ3n) is 4.17. The largest absolute Gasteiger partial charge is 0.449 e. The van der Waals surface area contributed by atoms with E-state index in [1.54, 1.807) is 36.4 Å². The van der Waals surface area contributed by atoms with Crippen LogP contribution >= 0.6 is 11.3 Å². The van der Waals surface area contributed by atoms with Gasteiger partial charge < -0.3 is 14.8 Å². The first kappa shape index (κ1) is 21.7. The molecule has 0 aliphatic carbocycles. The van der Waals surface area contributed by atoms with Crippen LogP contribution in [-0.4, -0.2) is 25.7 Å². The second kappa shape index (κ2) is 9.69. The summed E-state index contributed by atoms with van der Waals surface area (Å²) in [5, 5.41) is 5.84. The molecule has 6 nitrogen and oxygen atoms in total. The van der Waals surface area contributed by atoms with Gasteiger partial charge in [-0.15, -0.1) is 11.3 Å². The zero-order chi connectivity index (χ0) is 21.7. The molecule has 0 atom stereocenters. The summed E-state index contributed by atoms with van der Waals surface area (Å²) in [5.41, 5.74) is 1.49. The summed E-state index contributed by atoms with van der Waals surface area (Å²) in [6, 6.07) is 11.5. The highest BCUT2D eigenvalue weighted by atomic mass is 32.1. The van der Waals surface area contributed by atoms with Crippen molar-refractivity contribution < 1.29 is 23.5 Å². The molecule has 8 heteroatoms. The van der Waals surface area contributed by atoms with Gasteiger partial charge in [-0.25, -0.2) is 9.18 Å². The number of methoxy groups -OCH3 is 1. The monoisotopic (exact) mass is 430 g/mol. The topological polar surface area (TPSA) is 76.7 Å². The lowest BCUT2D eigenvalue weighted by Gasteiger charge is -2.10. The maximum absolute atomic E-state index is 14.3. The summed E-state index contributed by atoms with van der Waals surface area (Å²) < 4.78 is 25.3. The van der Waals surface area contributed by atoms with Crippen molar-refractivity contribution in [1.82, 2.24) is 0 Å². The smallest absolute Gasteiger partial charge is 0.411 e. The molecular formula is C22H23FN2O4S. The van der Waals surface area contributed by atoms with Crippen LogP contribution in [0, 0.1) is 11.7 Å². The van der Waals surface area contributed by atoms with Crippen LogP contribution in [0.5, 0.6) is 0 Å². The van der Waals surface area contributed by atoms with E-state index < -0.39 is 6.09 Å². The molecule has 1 heterocycles. The van der Waals surface area contributed by atoms with Crippen LogP contribution in [0.1, 0.15) is 29.1 Å². The molecule has 0 aliphatic rings. The summed E-state index contributed by atoms with van der Waals surface area (Å²) in [6.45, 7) is 4.32. The molecule has 0 aliphatic heterocycles. The summed E-state index contributed by atoms with van der Waals surface area (Å²) in [7, 11) is 1.50. The maximum Gasteiger partial charge on any atom is 0.411 e. The Kier molecular flexibility index (Phi) is 7.02. The standard InChI is InChI=1S/C22H23FN2O4S/c1-13(2)11-29-22(27)25-15-7-4-6-14(10-15)24-21(26)20-16(12-28-3)19-17(23)8-5-9-18(19)30-20/h4-10,13H,11-12H2,1-3H3,(H,24,26)(H,25,27). The van der Waals surface area contributed by atoms with Crippen LogP contribution in [0.15, 0.2) is 42.5 Å². The molecule has 2 N–H and O–H groups in total. The zero-order valence-corrected chi connectivity index (χ0v) is 17.8. The number of rotatable bonds is 7. The Labute approximate surface area is 178 Å². The first-order valence-corrected chi connectivity index (χ1v) is 10.2. The minimum absolute atomic E-state index is 0.118. The molecule has 0 bridgehead atoms. The van der Waals surface area contributed by atoms with Gasteiger partial charge in [-0.1, -0.05) is 26.0 Å². The van der Waals surface area contributed by atoms with E-state index in [2.05, 4.69) is 10.6 Å². The molecule has 2 amide bonds. The Hall–Kier alpha value is -2.97. The molecule has 2 aromatic carbocycles. The summed E-state index contributed by atoms with van der Waals surface area (Å²) in [4.78, 5) is 25.1. The van der Waals surface area contributed by atoms with E-state index in [0.29, 0.717) is 38.5 Å². The fourth-order valence-electron chi connectivity index (χ4n) is 2.89. The maximum atomic E-state index is 14.3. The highest BCUT2D eigenvalue weighted by Crippen LogP contribution is 2.34. The molecule has 0 unspecified atom stereocenters. The van der Waals surface area contributed by atoms with E-state index in [4.69, 9.17) is 9.47 Å². The van der Waals surface area contributed by atoms with Crippen molar-refractivity contribution in [2.45, 2.75) is 20.5 Å². The Bertz CT molecular complexity index is 1060. The zero-order valence-electron chi connectivity index (χ0n) is 17.0. The Morgan fingerprint density at radius 2 is 1.80 bits per heavy atom. The Morgan fingerprint density at radius 1 is 1.10 bits per heavy atom. The number of anilines is 2. The van der Waals surface area contributed by atoms with Crippen LogP contribution in [0.4, 0.5) is 20.6 Å². The SMILES string of the molecule is COCc1c(C(=O)Nc2cccc(NC(=O)OCC(C)C)c2)sc2cccc(F)c12. The van der Waals surface area contributed by atoms with Gasteiger partial charge >= 0.3 is 6.09 Å². The summed E-state index contributed by atoms with van der Waals surface area (Å²) in [5.74, 6) is -0.531. The van der Waals surface area contributed by atoms with Crippen LogP contribution < -0.4 is 10.6 Å². The Morgan fingerprint density at radius 3 is 2.50 bits per heavy atom. The summed E-state index contributed by atoms with van der Waals surface area (Å²) >= 11 is 1.21. The number of carbonyl (C=O) groups excluding carboxylic acids is 2.